The van der Waals surface area contributed by atoms with Crippen LogP contribution in [0.2, 0.25) is 0 Å². The lowest BCUT2D eigenvalue weighted by atomic mass is 10.1. The number of halogens is 1. The van der Waals surface area contributed by atoms with Gasteiger partial charge in [0.1, 0.15) is 18.4 Å². The Morgan fingerprint density at radius 2 is 1.74 bits per heavy atom. The van der Waals surface area contributed by atoms with Crippen molar-refractivity contribution in [2.75, 3.05) is 17.1 Å². The zero-order valence-corrected chi connectivity index (χ0v) is 21.6. The summed E-state index contributed by atoms with van der Waals surface area (Å²) in [6.07, 6.45) is 4.88. The Morgan fingerprint density at radius 3 is 2.37 bits per heavy atom. The van der Waals surface area contributed by atoms with Crippen molar-refractivity contribution in [3.8, 4) is 0 Å². The summed E-state index contributed by atoms with van der Waals surface area (Å²) in [6, 6.07) is 10.4. The second-order valence-electron chi connectivity index (χ2n) is 9.27. The number of nitrogens with one attached hydrogen (secondary N) is 1. The molecule has 0 spiro atoms. The van der Waals surface area contributed by atoms with Crippen LogP contribution >= 0.6 is 0 Å². The molecule has 0 heterocycles. The van der Waals surface area contributed by atoms with Crippen molar-refractivity contribution in [2.45, 2.75) is 65.1 Å². The first kappa shape index (κ1) is 26.7. The van der Waals surface area contributed by atoms with Gasteiger partial charge in [0, 0.05) is 18.2 Å². The Kier molecular flexibility index (Phi) is 8.53. The number of hydrogen-bond donors (Lipinski definition) is 1. The summed E-state index contributed by atoms with van der Waals surface area (Å²) in [6.45, 7) is 4.59. The SMILES string of the molecule is Cc1cccc(N(CC(=O)N(Cc2ccccc2F)C(C)C(=O)NC2CCCC2)S(C)(=O)=O)c1C. The predicted molar refractivity (Wildman–Crippen MR) is 135 cm³/mol. The molecular formula is C26H34FN3O4S. The van der Waals surface area contributed by atoms with E-state index in [1.54, 1.807) is 44.2 Å². The molecule has 2 aromatic carbocycles. The van der Waals surface area contributed by atoms with Crippen molar-refractivity contribution in [3.63, 3.8) is 0 Å². The summed E-state index contributed by atoms with van der Waals surface area (Å²) >= 11 is 0. The standard InChI is InChI=1S/C26H34FN3O4S/c1-18-10-9-15-24(19(18)2)30(35(4,33)34)17-25(31)29(16-21-11-5-8-14-23(21)27)20(3)26(32)28-22-12-6-7-13-22/h5,8-11,14-15,20,22H,6-7,12-13,16-17H2,1-4H3,(H,28,32). The summed E-state index contributed by atoms with van der Waals surface area (Å²) in [4.78, 5) is 27.9. The number of sulfonamides is 1. The van der Waals surface area contributed by atoms with Gasteiger partial charge in [0.2, 0.25) is 21.8 Å². The Hall–Kier alpha value is -2.94. The van der Waals surface area contributed by atoms with Gasteiger partial charge in [-0.15, -0.1) is 0 Å². The molecule has 1 aliphatic carbocycles. The third-order valence-corrected chi connectivity index (χ3v) is 7.82. The molecule has 1 aliphatic rings. The summed E-state index contributed by atoms with van der Waals surface area (Å²) in [5.74, 6) is -1.42. The van der Waals surface area contributed by atoms with Crippen LogP contribution in [0.1, 0.15) is 49.3 Å². The highest BCUT2D eigenvalue weighted by Crippen LogP contribution is 2.26. The molecule has 35 heavy (non-hydrogen) atoms. The highest BCUT2D eigenvalue weighted by molar-refractivity contribution is 7.92. The number of aryl methyl sites for hydroxylation is 1. The van der Waals surface area contributed by atoms with Crippen molar-refractivity contribution in [3.05, 3.63) is 65.0 Å². The monoisotopic (exact) mass is 503 g/mol. The molecule has 0 radical (unpaired) electrons. The van der Waals surface area contributed by atoms with Crippen LogP contribution in [-0.2, 0) is 26.2 Å². The lowest BCUT2D eigenvalue weighted by molar-refractivity contribution is -0.139. The predicted octanol–water partition coefficient (Wildman–Crippen LogP) is 3.68. The maximum absolute atomic E-state index is 14.5. The third-order valence-electron chi connectivity index (χ3n) is 6.69. The van der Waals surface area contributed by atoms with E-state index in [-0.39, 0.29) is 24.1 Å². The molecule has 2 aromatic rings. The largest absolute Gasteiger partial charge is 0.352 e. The van der Waals surface area contributed by atoms with Crippen molar-refractivity contribution in [2.24, 2.45) is 0 Å². The van der Waals surface area contributed by atoms with Gasteiger partial charge >= 0.3 is 0 Å². The van der Waals surface area contributed by atoms with E-state index in [0.29, 0.717) is 5.69 Å². The van der Waals surface area contributed by atoms with Crippen LogP contribution < -0.4 is 9.62 Å². The molecule has 2 amide bonds. The van der Waals surface area contributed by atoms with E-state index < -0.39 is 34.3 Å². The summed E-state index contributed by atoms with van der Waals surface area (Å²) in [5, 5.41) is 2.99. The first-order valence-electron chi connectivity index (χ1n) is 11.9. The van der Waals surface area contributed by atoms with Gasteiger partial charge in [-0.25, -0.2) is 12.8 Å². The Labute approximate surface area is 207 Å². The van der Waals surface area contributed by atoms with E-state index in [9.17, 15) is 22.4 Å². The first-order chi connectivity index (χ1) is 16.5. The Bertz CT molecular complexity index is 1180. The van der Waals surface area contributed by atoms with Crippen molar-refractivity contribution >= 4 is 27.5 Å². The number of anilines is 1. The van der Waals surface area contributed by atoms with Crippen LogP contribution in [-0.4, -0.2) is 50.0 Å². The van der Waals surface area contributed by atoms with Crippen LogP contribution in [0.4, 0.5) is 10.1 Å². The Balaban J connectivity index is 1.92. The zero-order chi connectivity index (χ0) is 25.8. The van der Waals surface area contributed by atoms with E-state index in [4.69, 9.17) is 0 Å². The number of carbonyl (C=O) groups is 2. The highest BCUT2D eigenvalue weighted by Gasteiger charge is 2.32. The van der Waals surface area contributed by atoms with Crippen LogP contribution in [0.3, 0.4) is 0 Å². The molecule has 190 valence electrons. The molecular weight excluding hydrogens is 469 g/mol. The third kappa shape index (κ3) is 6.60. The summed E-state index contributed by atoms with van der Waals surface area (Å²) in [5.41, 5.74) is 2.27. The molecule has 0 aliphatic heterocycles. The molecule has 0 bridgehead atoms. The normalized spacial score (nSPS) is 15.0. The van der Waals surface area contributed by atoms with Crippen LogP contribution in [0.15, 0.2) is 42.5 Å². The average molecular weight is 504 g/mol. The minimum atomic E-state index is -3.82. The molecule has 1 unspecified atom stereocenters. The number of carbonyl (C=O) groups excluding carboxylic acids is 2. The van der Waals surface area contributed by atoms with E-state index >= 15 is 0 Å². The van der Waals surface area contributed by atoms with Crippen molar-refractivity contribution in [1.29, 1.82) is 0 Å². The van der Waals surface area contributed by atoms with Crippen LogP contribution in [0.25, 0.3) is 0 Å². The van der Waals surface area contributed by atoms with Crippen molar-refractivity contribution in [1.82, 2.24) is 10.2 Å². The molecule has 3 rings (SSSR count). The van der Waals surface area contributed by atoms with Gasteiger partial charge in [0.05, 0.1) is 11.9 Å². The fourth-order valence-electron chi connectivity index (χ4n) is 4.39. The lowest BCUT2D eigenvalue weighted by Crippen LogP contribution is -2.52. The van der Waals surface area contributed by atoms with Gasteiger partial charge < -0.3 is 10.2 Å². The molecule has 1 atom stereocenters. The topological polar surface area (TPSA) is 86.8 Å². The number of hydrogen-bond acceptors (Lipinski definition) is 4. The maximum atomic E-state index is 14.5. The number of amides is 2. The summed E-state index contributed by atoms with van der Waals surface area (Å²) < 4.78 is 41.0. The Morgan fingerprint density at radius 1 is 1.09 bits per heavy atom. The van der Waals surface area contributed by atoms with Gasteiger partial charge in [0.25, 0.3) is 0 Å². The fourth-order valence-corrected chi connectivity index (χ4v) is 5.29. The molecule has 9 heteroatoms. The number of benzene rings is 2. The second-order valence-corrected chi connectivity index (χ2v) is 11.2. The molecule has 7 nitrogen and oxygen atoms in total. The van der Waals surface area contributed by atoms with Crippen molar-refractivity contribution < 1.29 is 22.4 Å². The lowest BCUT2D eigenvalue weighted by Gasteiger charge is -2.32. The first-order valence-corrected chi connectivity index (χ1v) is 13.7. The molecule has 0 saturated heterocycles. The summed E-state index contributed by atoms with van der Waals surface area (Å²) in [7, 11) is -3.82. The van der Waals surface area contributed by atoms with E-state index in [1.165, 1.54) is 11.0 Å². The second kappa shape index (κ2) is 11.2. The van der Waals surface area contributed by atoms with Gasteiger partial charge in [-0.05, 0) is 56.9 Å². The quantitative estimate of drug-likeness (QED) is 0.566. The van der Waals surface area contributed by atoms with Gasteiger partial charge in [-0.3, -0.25) is 13.9 Å². The van der Waals surface area contributed by atoms with E-state index in [2.05, 4.69) is 5.32 Å². The van der Waals surface area contributed by atoms with Gasteiger partial charge in [-0.2, -0.15) is 0 Å². The molecule has 1 saturated carbocycles. The molecule has 0 aromatic heterocycles. The van der Waals surface area contributed by atoms with Gasteiger partial charge in [-0.1, -0.05) is 43.2 Å². The fraction of sp³-hybridized carbons (Fsp3) is 0.462. The molecule has 1 N–H and O–H groups in total. The number of rotatable bonds is 9. The minimum absolute atomic E-state index is 0.0535. The van der Waals surface area contributed by atoms with Crippen LogP contribution in [0, 0.1) is 19.7 Å². The van der Waals surface area contributed by atoms with Gasteiger partial charge in [0.15, 0.2) is 0 Å². The number of nitrogens with zero attached hydrogens (tertiary/aromatic N) is 2. The average Bonchev–Trinajstić information content (AvgIpc) is 3.30. The molecule has 1 fully saturated rings. The zero-order valence-electron chi connectivity index (χ0n) is 20.8. The smallest absolute Gasteiger partial charge is 0.244 e. The van der Waals surface area contributed by atoms with Crippen LogP contribution in [0.5, 0.6) is 0 Å². The highest BCUT2D eigenvalue weighted by atomic mass is 32.2. The van der Waals surface area contributed by atoms with E-state index in [0.717, 1.165) is 47.4 Å². The maximum Gasteiger partial charge on any atom is 0.244 e. The minimum Gasteiger partial charge on any atom is -0.352 e. The van der Waals surface area contributed by atoms with E-state index in [1.807, 2.05) is 13.0 Å².